The summed E-state index contributed by atoms with van der Waals surface area (Å²) < 4.78 is 45.0. The molecule has 0 aliphatic carbocycles. The quantitative estimate of drug-likeness (QED) is 0.660. The van der Waals surface area contributed by atoms with Gasteiger partial charge in [-0.3, -0.25) is 14.3 Å². The van der Waals surface area contributed by atoms with Gasteiger partial charge in [-0.1, -0.05) is 11.6 Å². The molecule has 0 radical (unpaired) electrons. The largest absolute Gasteiger partial charge is 0.462 e. The molecule has 0 spiro atoms. The summed E-state index contributed by atoms with van der Waals surface area (Å²) in [6.07, 6.45) is -0.313. The van der Waals surface area contributed by atoms with Crippen molar-refractivity contribution in [3.05, 3.63) is 58.9 Å². The van der Waals surface area contributed by atoms with Crippen LogP contribution in [0.5, 0.6) is 0 Å². The Hall–Kier alpha value is -2.65. The van der Waals surface area contributed by atoms with Crippen LogP contribution in [0.25, 0.3) is 0 Å². The number of amides is 1. The van der Waals surface area contributed by atoms with Gasteiger partial charge in [0.2, 0.25) is 0 Å². The number of anilines is 1. The van der Waals surface area contributed by atoms with Crippen molar-refractivity contribution < 1.29 is 27.1 Å². The van der Waals surface area contributed by atoms with E-state index in [1.165, 1.54) is 18.2 Å². The fraction of sp³-hybridized carbons (Fsp3) is 0.222. The number of sulfonamides is 1. The van der Waals surface area contributed by atoms with Gasteiger partial charge in [0.15, 0.2) is 0 Å². The summed E-state index contributed by atoms with van der Waals surface area (Å²) in [6, 6.07) is 8.16. The van der Waals surface area contributed by atoms with Crippen molar-refractivity contribution in [2.75, 3.05) is 11.3 Å². The summed E-state index contributed by atoms with van der Waals surface area (Å²) in [5.74, 6) is -1.79. The molecule has 0 aliphatic rings. The maximum atomic E-state index is 13.0. The summed E-state index contributed by atoms with van der Waals surface area (Å²) in [5, 5.41) is 2.43. The first-order chi connectivity index (χ1) is 13.1. The molecule has 0 saturated heterocycles. The second-order valence-corrected chi connectivity index (χ2v) is 8.06. The fourth-order valence-corrected chi connectivity index (χ4v) is 3.41. The van der Waals surface area contributed by atoms with E-state index in [-0.39, 0.29) is 33.8 Å². The van der Waals surface area contributed by atoms with Crippen LogP contribution in [0.15, 0.2) is 47.4 Å². The van der Waals surface area contributed by atoms with E-state index in [4.69, 9.17) is 16.3 Å². The van der Waals surface area contributed by atoms with Crippen LogP contribution in [0, 0.1) is 5.82 Å². The van der Waals surface area contributed by atoms with Crippen LogP contribution >= 0.6 is 11.6 Å². The van der Waals surface area contributed by atoms with Gasteiger partial charge in [0.25, 0.3) is 15.9 Å². The molecular weight excluding hydrogens is 411 g/mol. The number of ether oxygens (including phenoxy) is 1. The van der Waals surface area contributed by atoms with Gasteiger partial charge in [-0.2, -0.15) is 0 Å². The Bertz CT molecular complexity index is 978. The summed E-state index contributed by atoms with van der Waals surface area (Å²) in [4.78, 5) is 23.5. The van der Waals surface area contributed by atoms with Crippen LogP contribution in [0.4, 0.5) is 10.1 Å². The third-order valence-electron chi connectivity index (χ3n) is 3.36. The molecule has 0 saturated carbocycles. The molecule has 0 aliphatic heterocycles. The van der Waals surface area contributed by atoms with E-state index in [1.54, 1.807) is 13.8 Å². The van der Waals surface area contributed by atoms with Gasteiger partial charge in [0.1, 0.15) is 12.4 Å². The third-order valence-corrected chi connectivity index (χ3v) is 5.07. The minimum atomic E-state index is -4.04. The standard InChI is InChI=1S/C18H18ClFN2O5S/c1-11(2)27-17(23)10-21-18(24)12-3-8-15(19)16(9-12)22-28(25,26)14-6-4-13(20)5-7-14/h3-9,11,22H,10H2,1-2H3,(H,21,24). The summed E-state index contributed by atoms with van der Waals surface area (Å²) >= 11 is 6.01. The Morgan fingerprint density at radius 2 is 1.79 bits per heavy atom. The lowest BCUT2D eigenvalue weighted by molar-refractivity contribution is -0.146. The zero-order chi connectivity index (χ0) is 20.9. The highest BCUT2D eigenvalue weighted by Gasteiger charge is 2.18. The molecule has 2 aromatic carbocycles. The molecule has 0 atom stereocenters. The van der Waals surface area contributed by atoms with Crippen molar-refractivity contribution in [1.29, 1.82) is 0 Å². The highest BCUT2D eigenvalue weighted by Crippen LogP contribution is 2.26. The highest BCUT2D eigenvalue weighted by molar-refractivity contribution is 7.92. The number of esters is 1. The molecular formula is C18H18ClFN2O5S. The first-order valence-corrected chi connectivity index (χ1v) is 10.00. The Morgan fingerprint density at radius 3 is 2.39 bits per heavy atom. The Balaban J connectivity index is 2.15. The number of nitrogens with one attached hydrogen (secondary N) is 2. The van der Waals surface area contributed by atoms with Gasteiger partial charge in [0.05, 0.1) is 21.7 Å². The highest BCUT2D eigenvalue weighted by atomic mass is 35.5. The lowest BCUT2D eigenvalue weighted by Gasteiger charge is -2.12. The lowest BCUT2D eigenvalue weighted by atomic mass is 10.2. The molecule has 1 amide bonds. The van der Waals surface area contributed by atoms with E-state index in [2.05, 4.69) is 10.0 Å². The molecule has 150 valence electrons. The normalized spacial score (nSPS) is 11.2. The van der Waals surface area contributed by atoms with Crippen molar-refractivity contribution in [2.45, 2.75) is 24.8 Å². The van der Waals surface area contributed by atoms with Gasteiger partial charge in [-0.05, 0) is 56.3 Å². The monoisotopic (exact) mass is 428 g/mol. The molecule has 28 heavy (non-hydrogen) atoms. The number of halogens is 2. The molecule has 0 fully saturated rings. The summed E-state index contributed by atoms with van der Waals surface area (Å²) in [5.41, 5.74) is 0.0435. The first kappa shape index (κ1) is 21.6. The van der Waals surface area contributed by atoms with Crippen LogP contribution < -0.4 is 10.0 Å². The average Bonchev–Trinajstić information content (AvgIpc) is 2.61. The topological polar surface area (TPSA) is 102 Å². The maximum absolute atomic E-state index is 13.0. The summed E-state index contributed by atoms with van der Waals surface area (Å²) in [7, 11) is -4.04. The van der Waals surface area contributed by atoms with Gasteiger partial charge in [-0.15, -0.1) is 0 Å². The van der Waals surface area contributed by atoms with E-state index >= 15 is 0 Å². The van der Waals surface area contributed by atoms with Gasteiger partial charge >= 0.3 is 5.97 Å². The molecule has 2 N–H and O–H groups in total. The van der Waals surface area contributed by atoms with E-state index in [0.717, 1.165) is 24.3 Å². The molecule has 7 nitrogen and oxygen atoms in total. The minimum absolute atomic E-state index is 0.0385. The zero-order valence-electron chi connectivity index (χ0n) is 15.0. The molecule has 10 heteroatoms. The van der Waals surface area contributed by atoms with Crippen LogP contribution in [0.3, 0.4) is 0 Å². The Kier molecular flexibility index (Phi) is 6.98. The average molecular weight is 429 g/mol. The molecule has 0 unspecified atom stereocenters. The van der Waals surface area contributed by atoms with Crippen LogP contribution in [0.1, 0.15) is 24.2 Å². The van der Waals surface area contributed by atoms with E-state index in [9.17, 15) is 22.4 Å². The van der Waals surface area contributed by atoms with Crippen LogP contribution in [0.2, 0.25) is 5.02 Å². The van der Waals surface area contributed by atoms with Crippen LogP contribution in [-0.4, -0.2) is 32.9 Å². The predicted octanol–water partition coefficient (Wildman–Crippen LogP) is 2.96. The van der Waals surface area contributed by atoms with Crippen molar-refractivity contribution in [2.24, 2.45) is 0 Å². The van der Waals surface area contributed by atoms with Crippen molar-refractivity contribution in [3.63, 3.8) is 0 Å². The summed E-state index contributed by atoms with van der Waals surface area (Å²) in [6.45, 7) is 3.02. The van der Waals surface area contributed by atoms with Gasteiger partial charge in [0, 0.05) is 5.56 Å². The number of hydrogen-bond donors (Lipinski definition) is 2. The third kappa shape index (κ3) is 5.93. The maximum Gasteiger partial charge on any atom is 0.325 e. The molecule has 0 bridgehead atoms. The zero-order valence-corrected chi connectivity index (χ0v) is 16.6. The van der Waals surface area contributed by atoms with E-state index in [1.807, 2.05) is 0 Å². The smallest absolute Gasteiger partial charge is 0.325 e. The second-order valence-electron chi connectivity index (χ2n) is 5.98. The first-order valence-electron chi connectivity index (χ1n) is 8.14. The minimum Gasteiger partial charge on any atom is -0.462 e. The lowest BCUT2D eigenvalue weighted by Crippen LogP contribution is -2.31. The number of carbonyl (C=O) groups is 2. The Labute approximate surface area is 166 Å². The predicted molar refractivity (Wildman–Crippen MR) is 102 cm³/mol. The number of hydrogen-bond acceptors (Lipinski definition) is 5. The number of benzene rings is 2. The van der Waals surface area contributed by atoms with Crippen molar-refractivity contribution in [3.8, 4) is 0 Å². The van der Waals surface area contributed by atoms with Crippen molar-refractivity contribution in [1.82, 2.24) is 5.32 Å². The van der Waals surface area contributed by atoms with E-state index in [0.29, 0.717) is 0 Å². The fourth-order valence-electron chi connectivity index (χ4n) is 2.12. The van der Waals surface area contributed by atoms with Crippen molar-refractivity contribution >= 4 is 39.2 Å². The molecule has 2 aromatic rings. The Morgan fingerprint density at radius 1 is 1.14 bits per heavy atom. The molecule has 2 rings (SSSR count). The van der Waals surface area contributed by atoms with Gasteiger partial charge in [-0.25, -0.2) is 12.8 Å². The molecule has 0 aromatic heterocycles. The van der Waals surface area contributed by atoms with Gasteiger partial charge < -0.3 is 10.1 Å². The molecule has 0 heterocycles. The second kappa shape index (κ2) is 9.03. The SMILES string of the molecule is CC(C)OC(=O)CNC(=O)c1ccc(Cl)c(NS(=O)(=O)c2ccc(F)cc2)c1. The van der Waals surface area contributed by atoms with Crippen LogP contribution in [-0.2, 0) is 19.6 Å². The van der Waals surface area contributed by atoms with E-state index < -0.39 is 27.7 Å². The number of carbonyl (C=O) groups excluding carboxylic acids is 2. The number of rotatable bonds is 7.